The van der Waals surface area contributed by atoms with E-state index in [0.29, 0.717) is 19.0 Å². The summed E-state index contributed by atoms with van der Waals surface area (Å²) in [7, 11) is 0. The summed E-state index contributed by atoms with van der Waals surface area (Å²) in [6.07, 6.45) is 3.28. The van der Waals surface area contributed by atoms with Crippen molar-refractivity contribution in [3.8, 4) is 0 Å². The van der Waals surface area contributed by atoms with Gasteiger partial charge in [-0.2, -0.15) is 0 Å². The van der Waals surface area contributed by atoms with Gasteiger partial charge in [0.25, 0.3) is 0 Å². The molecule has 4 nitrogen and oxygen atoms in total. The highest BCUT2D eigenvalue weighted by Gasteiger charge is 2.20. The topological polar surface area (TPSA) is 57.2 Å². The lowest BCUT2D eigenvalue weighted by molar-refractivity contribution is 0.104. The number of hydrogen-bond donors (Lipinski definition) is 3. The molecule has 3 N–H and O–H groups in total. The largest absolute Gasteiger partial charge is 0.393 e. The number of nitrogens with one attached hydrogen (secondary N) is 2. The van der Waals surface area contributed by atoms with E-state index in [2.05, 4.69) is 15.6 Å². The lowest BCUT2D eigenvalue weighted by Gasteiger charge is -2.26. The van der Waals surface area contributed by atoms with E-state index in [1.165, 1.54) is 0 Å². The molecule has 1 heterocycles. The number of pyridine rings is 1. The second-order valence-corrected chi connectivity index (χ2v) is 5.25. The normalized spacial score (nSPS) is 22.6. The van der Waals surface area contributed by atoms with Gasteiger partial charge in [-0.15, -0.1) is 0 Å². The molecule has 0 aliphatic heterocycles. The van der Waals surface area contributed by atoms with Gasteiger partial charge in [0.05, 0.1) is 6.10 Å². The minimum Gasteiger partial charge on any atom is -0.393 e. The Kier molecular flexibility index (Phi) is 5.11. The number of anilines is 2. The van der Waals surface area contributed by atoms with Crippen LogP contribution < -0.4 is 10.6 Å². The summed E-state index contributed by atoms with van der Waals surface area (Å²) < 4.78 is 27.1. The fraction of sp³-hybridized carbons (Fsp3) is 0.643. The number of nitrogens with zero attached hydrogens (tertiary/aromatic N) is 1. The van der Waals surface area contributed by atoms with Crippen LogP contribution in [0.4, 0.5) is 20.4 Å². The molecule has 2 rings (SSSR count). The van der Waals surface area contributed by atoms with Crippen LogP contribution in [-0.2, 0) is 0 Å². The SMILES string of the molecule is CCNc1nc(NCC2CCCC(O)C2)c(F)cc1F. The molecule has 112 valence electrons. The first-order valence-corrected chi connectivity index (χ1v) is 7.12. The number of aliphatic hydroxyl groups excluding tert-OH is 1. The van der Waals surface area contributed by atoms with Crippen LogP contribution in [0.2, 0.25) is 0 Å². The summed E-state index contributed by atoms with van der Waals surface area (Å²) in [4.78, 5) is 3.93. The fourth-order valence-electron chi connectivity index (χ4n) is 2.57. The molecule has 0 aromatic carbocycles. The predicted octanol–water partition coefficient (Wildman–Crippen LogP) is 2.75. The number of aromatic nitrogens is 1. The zero-order valence-electron chi connectivity index (χ0n) is 11.6. The Bertz CT molecular complexity index is 456. The first-order valence-electron chi connectivity index (χ1n) is 7.12. The minimum absolute atomic E-state index is 0.0556. The predicted molar refractivity (Wildman–Crippen MR) is 74.8 cm³/mol. The Labute approximate surface area is 117 Å². The smallest absolute Gasteiger partial charge is 0.168 e. The summed E-state index contributed by atoms with van der Waals surface area (Å²) in [5.41, 5.74) is 0. The molecule has 6 heteroatoms. The van der Waals surface area contributed by atoms with Crippen molar-refractivity contribution in [2.45, 2.75) is 38.7 Å². The zero-order chi connectivity index (χ0) is 14.5. The third kappa shape index (κ3) is 3.79. The summed E-state index contributed by atoms with van der Waals surface area (Å²) in [5, 5.41) is 15.3. The molecule has 1 aromatic heterocycles. The van der Waals surface area contributed by atoms with Gasteiger partial charge in [0.1, 0.15) is 0 Å². The average Bonchev–Trinajstić information content (AvgIpc) is 2.41. The van der Waals surface area contributed by atoms with Crippen molar-refractivity contribution in [1.29, 1.82) is 0 Å². The van der Waals surface area contributed by atoms with Crippen molar-refractivity contribution in [1.82, 2.24) is 4.98 Å². The van der Waals surface area contributed by atoms with Crippen molar-refractivity contribution in [2.24, 2.45) is 5.92 Å². The van der Waals surface area contributed by atoms with Gasteiger partial charge in [0, 0.05) is 19.2 Å². The first kappa shape index (κ1) is 15.0. The second kappa shape index (κ2) is 6.83. The van der Waals surface area contributed by atoms with Gasteiger partial charge in [-0.1, -0.05) is 6.42 Å². The van der Waals surface area contributed by atoms with E-state index in [1.54, 1.807) is 0 Å². The molecular formula is C14H21F2N3O. The maximum atomic E-state index is 13.7. The van der Waals surface area contributed by atoms with Crippen molar-refractivity contribution in [3.63, 3.8) is 0 Å². The second-order valence-electron chi connectivity index (χ2n) is 5.25. The summed E-state index contributed by atoms with van der Waals surface area (Å²) in [6, 6.07) is 0.836. The highest BCUT2D eigenvalue weighted by Crippen LogP contribution is 2.25. The molecular weight excluding hydrogens is 264 g/mol. The Balaban J connectivity index is 1.99. The molecule has 0 radical (unpaired) electrons. The molecule has 2 atom stereocenters. The lowest BCUT2D eigenvalue weighted by Crippen LogP contribution is -2.25. The van der Waals surface area contributed by atoms with E-state index >= 15 is 0 Å². The summed E-state index contributed by atoms with van der Waals surface area (Å²) in [6.45, 7) is 2.88. The molecule has 2 unspecified atom stereocenters. The quantitative estimate of drug-likeness (QED) is 0.778. The molecule has 1 fully saturated rings. The van der Waals surface area contributed by atoms with E-state index in [9.17, 15) is 13.9 Å². The van der Waals surface area contributed by atoms with Crippen LogP contribution in [-0.4, -0.2) is 29.3 Å². The van der Waals surface area contributed by atoms with Gasteiger partial charge in [0.15, 0.2) is 23.3 Å². The summed E-state index contributed by atoms with van der Waals surface area (Å²) >= 11 is 0. The van der Waals surface area contributed by atoms with Gasteiger partial charge in [0.2, 0.25) is 0 Å². The van der Waals surface area contributed by atoms with Crippen molar-refractivity contribution in [3.05, 3.63) is 17.7 Å². The number of halogens is 2. The number of aliphatic hydroxyl groups is 1. The van der Waals surface area contributed by atoms with E-state index in [0.717, 1.165) is 31.7 Å². The monoisotopic (exact) mass is 285 g/mol. The van der Waals surface area contributed by atoms with E-state index in [4.69, 9.17) is 0 Å². The maximum absolute atomic E-state index is 13.7. The Morgan fingerprint density at radius 2 is 1.95 bits per heavy atom. The van der Waals surface area contributed by atoms with Gasteiger partial charge < -0.3 is 15.7 Å². The lowest BCUT2D eigenvalue weighted by atomic mass is 9.87. The average molecular weight is 285 g/mol. The van der Waals surface area contributed by atoms with E-state index in [-0.39, 0.29) is 17.7 Å². The summed E-state index contributed by atoms with van der Waals surface area (Å²) in [5.74, 6) is -0.974. The Morgan fingerprint density at radius 1 is 1.25 bits per heavy atom. The molecule has 1 saturated carbocycles. The Morgan fingerprint density at radius 3 is 2.60 bits per heavy atom. The van der Waals surface area contributed by atoms with E-state index in [1.807, 2.05) is 6.92 Å². The van der Waals surface area contributed by atoms with Crippen LogP contribution in [0, 0.1) is 17.6 Å². The van der Waals surface area contributed by atoms with Crippen LogP contribution in [0.25, 0.3) is 0 Å². The van der Waals surface area contributed by atoms with Crippen molar-refractivity contribution < 1.29 is 13.9 Å². The van der Waals surface area contributed by atoms with Crippen molar-refractivity contribution >= 4 is 11.6 Å². The number of hydrogen-bond acceptors (Lipinski definition) is 4. The third-order valence-electron chi connectivity index (χ3n) is 3.59. The van der Waals surface area contributed by atoms with Gasteiger partial charge in [-0.3, -0.25) is 0 Å². The zero-order valence-corrected chi connectivity index (χ0v) is 11.6. The third-order valence-corrected chi connectivity index (χ3v) is 3.59. The molecule has 0 spiro atoms. The van der Waals surface area contributed by atoms with Crippen LogP contribution in [0.1, 0.15) is 32.6 Å². The van der Waals surface area contributed by atoms with E-state index < -0.39 is 11.6 Å². The molecule has 0 saturated heterocycles. The molecule has 20 heavy (non-hydrogen) atoms. The number of rotatable bonds is 5. The highest BCUT2D eigenvalue weighted by molar-refractivity contribution is 5.47. The molecule has 1 aliphatic rings. The molecule has 0 amide bonds. The Hall–Kier alpha value is -1.43. The van der Waals surface area contributed by atoms with Gasteiger partial charge in [-0.05, 0) is 32.1 Å². The first-order chi connectivity index (χ1) is 9.60. The molecule has 1 aromatic rings. The van der Waals surface area contributed by atoms with Crippen LogP contribution >= 0.6 is 0 Å². The molecule has 1 aliphatic carbocycles. The minimum atomic E-state index is -0.694. The standard InChI is InChI=1S/C14H21F2N3O/c1-2-17-13-11(15)7-12(16)14(19-13)18-8-9-4-3-5-10(20)6-9/h7,9-10,20H,2-6,8H2,1H3,(H2,17,18,19). The van der Waals surface area contributed by atoms with Crippen molar-refractivity contribution in [2.75, 3.05) is 23.7 Å². The van der Waals surface area contributed by atoms with Crippen LogP contribution in [0.5, 0.6) is 0 Å². The van der Waals surface area contributed by atoms with Gasteiger partial charge >= 0.3 is 0 Å². The van der Waals surface area contributed by atoms with Gasteiger partial charge in [-0.25, -0.2) is 13.8 Å². The van der Waals surface area contributed by atoms with Crippen LogP contribution in [0.15, 0.2) is 6.07 Å². The highest BCUT2D eigenvalue weighted by atomic mass is 19.1. The fourth-order valence-corrected chi connectivity index (χ4v) is 2.57. The molecule has 0 bridgehead atoms. The van der Waals surface area contributed by atoms with Crippen LogP contribution in [0.3, 0.4) is 0 Å². The maximum Gasteiger partial charge on any atom is 0.168 e.